The molecule has 3 aliphatic heterocycles. The molecule has 18 heteroatoms. The van der Waals surface area contributed by atoms with Crippen molar-refractivity contribution in [2.24, 2.45) is 18.0 Å². The number of nitrogens with zero attached hydrogens (tertiary/aromatic N) is 8. The number of hydrogen-bond donors (Lipinski definition) is 1. The van der Waals surface area contributed by atoms with Crippen LogP contribution in [0.2, 0.25) is 5.02 Å². The van der Waals surface area contributed by atoms with Gasteiger partial charge in [0.05, 0.1) is 18.3 Å². The first-order chi connectivity index (χ1) is 22.6. The summed E-state index contributed by atoms with van der Waals surface area (Å²) in [5.41, 5.74) is 0.0807. The Morgan fingerprint density at radius 3 is 2.44 bits per heavy atom. The molecular weight excluding hydrogens is 674 g/mol. The van der Waals surface area contributed by atoms with Gasteiger partial charge >= 0.3 is 12.4 Å². The first kappa shape index (κ1) is 34.1. The highest BCUT2D eigenvalue weighted by atomic mass is 35.5. The van der Waals surface area contributed by atoms with Crippen LogP contribution in [-0.2, 0) is 7.05 Å². The van der Waals surface area contributed by atoms with Gasteiger partial charge in [0.2, 0.25) is 5.95 Å². The Morgan fingerprint density at radius 1 is 1.06 bits per heavy atom. The third-order valence-corrected chi connectivity index (χ3v) is 9.15. The Kier molecular flexibility index (Phi) is 9.21. The maximum atomic E-state index is 13.8. The van der Waals surface area contributed by atoms with E-state index < -0.39 is 48.5 Å². The van der Waals surface area contributed by atoms with Gasteiger partial charge < -0.3 is 15.1 Å². The summed E-state index contributed by atoms with van der Waals surface area (Å²) in [4.78, 5) is 18.6. The highest BCUT2D eigenvalue weighted by Crippen LogP contribution is 2.42. The SMILES string of the molecule is Cn1cc(C2=CNC(N(CC3=CC(C(F)(F)F)CC(C(F)(F)F)=C3)C3CCN(c4nc(N5CCC(F)(F)CC5)ncc4Cl)C3)N=C2)cn1. The minimum absolute atomic E-state index is 0.0614. The molecule has 5 heterocycles. The minimum atomic E-state index is -4.92. The van der Waals surface area contributed by atoms with Gasteiger partial charge in [0.1, 0.15) is 5.02 Å². The van der Waals surface area contributed by atoms with Gasteiger partial charge in [-0.1, -0.05) is 17.7 Å². The molecule has 2 fully saturated rings. The van der Waals surface area contributed by atoms with Crippen LogP contribution in [0, 0.1) is 5.92 Å². The quantitative estimate of drug-likeness (QED) is 0.356. The number of halogens is 9. The summed E-state index contributed by atoms with van der Waals surface area (Å²) >= 11 is 6.49. The van der Waals surface area contributed by atoms with Crippen LogP contribution in [0.15, 0.2) is 53.1 Å². The Labute approximate surface area is 275 Å². The lowest BCUT2D eigenvalue weighted by molar-refractivity contribution is -0.166. The lowest BCUT2D eigenvalue weighted by atomic mass is 9.89. The standard InChI is InChI=1S/C30H32ClF8N9/c1-45-16-20(13-43-45)19-11-40-26(41-12-19)48(15-18-8-21(29(34,35)36)10-22(9-18)30(37,38)39)23-2-5-47(17-23)25-24(31)14-42-27(44-25)46-6-3-28(32,33)4-7-46/h8-9,11-14,16,21,23,26,40H,2-7,10,15,17H2,1H3. The molecule has 0 amide bonds. The zero-order valence-electron chi connectivity index (χ0n) is 25.6. The van der Waals surface area contributed by atoms with Crippen LogP contribution in [-0.4, -0.2) is 94.2 Å². The van der Waals surface area contributed by atoms with E-state index in [-0.39, 0.29) is 55.6 Å². The topological polar surface area (TPSA) is 77.7 Å². The van der Waals surface area contributed by atoms with E-state index in [9.17, 15) is 35.1 Å². The summed E-state index contributed by atoms with van der Waals surface area (Å²) in [7, 11) is 1.75. The van der Waals surface area contributed by atoms with E-state index in [0.717, 1.165) is 17.7 Å². The minimum Gasteiger partial charge on any atom is -0.357 e. The number of hydrogen-bond acceptors (Lipinski definition) is 8. The van der Waals surface area contributed by atoms with Crippen molar-refractivity contribution in [3.63, 3.8) is 0 Å². The van der Waals surface area contributed by atoms with E-state index in [2.05, 4.69) is 25.4 Å². The van der Waals surface area contributed by atoms with Gasteiger partial charge in [-0.25, -0.2) is 13.8 Å². The van der Waals surface area contributed by atoms with E-state index in [1.54, 1.807) is 46.3 Å². The first-order valence-corrected chi connectivity index (χ1v) is 15.6. The van der Waals surface area contributed by atoms with E-state index in [1.807, 2.05) is 4.90 Å². The molecule has 2 saturated heterocycles. The number of anilines is 2. The second-order valence-corrected chi connectivity index (χ2v) is 12.7. The maximum Gasteiger partial charge on any atom is 0.412 e. The predicted molar refractivity (Wildman–Crippen MR) is 164 cm³/mol. The largest absolute Gasteiger partial charge is 0.412 e. The molecule has 0 bridgehead atoms. The zero-order valence-corrected chi connectivity index (χ0v) is 26.4. The average molecular weight is 706 g/mol. The van der Waals surface area contributed by atoms with Gasteiger partial charge in [-0.3, -0.25) is 14.6 Å². The number of rotatable bonds is 7. The fraction of sp³-hybridized carbons (Fsp3) is 0.533. The number of alkyl halides is 8. The summed E-state index contributed by atoms with van der Waals surface area (Å²) in [5.74, 6) is -4.45. The molecule has 9 nitrogen and oxygen atoms in total. The second kappa shape index (κ2) is 12.9. The van der Waals surface area contributed by atoms with Crippen molar-refractivity contribution in [2.45, 2.75) is 56.3 Å². The Bertz CT molecular complexity index is 1620. The molecular formula is C30H32ClF8N9. The Balaban J connectivity index is 1.26. The van der Waals surface area contributed by atoms with Crippen molar-refractivity contribution < 1.29 is 35.1 Å². The van der Waals surface area contributed by atoms with Crippen LogP contribution in [0.4, 0.5) is 46.9 Å². The summed E-state index contributed by atoms with van der Waals surface area (Å²) in [5, 5.41) is 7.51. The normalized spacial score (nSPS) is 24.8. The molecule has 1 aliphatic carbocycles. The second-order valence-electron chi connectivity index (χ2n) is 12.3. The monoisotopic (exact) mass is 705 g/mol. The first-order valence-electron chi connectivity index (χ1n) is 15.3. The van der Waals surface area contributed by atoms with E-state index in [4.69, 9.17) is 11.6 Å². The van der Waals surface area contributed by atoms with Gasteiger partial charge in [0.15, 0.2) is 12.1 Å². The van der Waals surface area contributed by atoms with Crippen molar-refractivity contribution in [1.29, 1.82) is 0 Å². The molecule has 0 spiro atoms. The van der Waals surface area contributed by atoms with Crippen molar-refractivity contribution in [1.82, 2.24) is 30.0 Å². The molecule has 260 valence electrons. The Morgan fingerprint density at radius 2 is 1.81 bits per heavy atom. The van der Waals surface area contributed by atoms with Crippen molar-refractivity contribution in [3.05, 3.63) is 58.7 Å². The number of piperidine rings is 1. The van der Waals surface area contributed by atoms with Crippen molar-refractivity contribution >= 4 is 35.2 Å². The highest BCUT2D eigenvalue weighted by molar-refractivity contribution is 6.32. The van der Waals surface area contributed by atoms with Crippen molar-refractivity contribution in [3.8, 4) is 0 Å². The third kappa shape index (κ3) is 7.61. The smallest absolute Gasteiger partial charge is 0.357 e. The van der Waals surface area contributed by atoms with E-state index >= 15 is 0 Å². The lowest BCUT2D eigenvalue weighted by Crippen LogP contribution is -2.51. The van der Waals surface area contributed by atoms with Gasteiger partial charge in [0, 0.05) is 94.0 Å². The lowest BCUT2D eigenvalue weighted by Gasteiger charge is -2.37. The van der Waals surface area contributed by atoms with Crippen LogP contribution in [0.5, 0.6) is 0 Å². The van der Waals surface area contributed by atoms with Gasteiger partial charge in [0.25, 0.3) is 5.92 Å². The molecule has 6 rings (SSSR count). The van der Waals surface area contributed by atoms with Gasteiger partial charge in [-0.05, 0) is 24.5 Å². The summed E-state index contributed by atoms with van der Waals surface area (Å²) < 4.78 is 112. The fourth-order valence-electron chi connectivity index (χ4n) is 6.28. The van der Waals surface area contributed by atoms with Crippen LogP contribution in [0.25, 0.3) is 5.57 Å². The van der Waals surface area contributed by atoms with E-state index in [0.29, 0.717) is 24.4 Å². The highest BCUT2D eigenvalue weighted by Gasteiger charge is 2.46. The zero-order chi connectivity index (χ0) is 34.4. The molecule has 2 aromatic rings. The molecule has 48 heavy (non-hydrogen) atoms. The molecule has 0 saturated carbocycles. The molecule has 0 radical (unpaired) electrons. The maximum absolute atomic E-state index is 13.8. The molecule has 2 aromatic heterocycles. The number of aliphatic imine (C=N–C) groups is 1. The average Bonchev–Trinajstić information content (AvgIpc) is 3.69. The summed E-state index contributed by atoms with van der Waals surface area (Å²) in [6, 6.07) is -0.411. The summed E-state index contributed by atoms with van der Waals surface area (Å²) in [6.45, 7) is 0.515. The number of aryl methyl sites for hydroxylation is 1. The molecule has 3 atom stereocenters. The Hall–Kier alpha value is -3.73. The molecule has 4 aliphatic rings. The molecule has 1 N–H and O–H groups in total. The van der Waals surface area contributed by atoms with Crippen LogP contribution < -0.4 is 15.1 Å². The predicted octanol–water partition coefficient (Wildman–Crippen LogP) is 5.98. The van der Waals surface area contributed by atoms with Crippen LogP contribution in [0.3, 0.4) is 0 Å². The number of aromatic nitrogens is 4. The number of allylic oxidation sites excluding steroid dienone is 3. The van der Waals surface area contributed by atoms with Crippen LogP contribution in [0.1, 0.15) is 31.2 Å². The molecule has 3 unspecified atom stereocenters. The third-order valence-electron chi connectivity index (χ3n) is 8.88. The van der Waals surface area contributed by atoms with Crippen molar-refractivity contribution in [2.75, 3.05) is 42.5 Å². The van der Waals surface area contributed by atoms with E-state index in [1.165, 1.54) is 6.20 Å². The van der Waals surface area contributed by atoms with Gasteiger partial charge in [-0.2, -0.15) is 36.4 Å². The number of nitrogens with one attached hydrogen (secondary N) is 1. The van der Waals surface area contributed by atoms with Gasteiger partial charge in [-0.15, -0.1) is 0 Å². The fourth-order valence-corrected chi connectivity index (χ4v) is 6.49. The molecule has 0 aromatic carbocycles. The summed E-state index contributed by atoms with van der Waals surface area (Å²) in [6.07, 6.45) is -2.32. The van der Waals surface area contributed by atoms with Crippen LogP contribution >= 0.6 is 11.6 Å².